The maximum atomic E-state index is 13.1. The number of likely N-dealkylation sites (tertiary alicyclic amines) is 1. The number of aromatic nitrogens is 3. The first kappa shape index (κ1) is 17.5. The first-order valence-corrected chi connectivity index (χ1v) is 9.42. The lowest BCUT2D eigenvalue weighted by Crippen LogP contribution is -2.32. The van der Waals surface area contributed by atoms with Crippen LogP contribution < -0.4 is 0 Å². The number of hydrogen-bond donors (Lipinski definition) is 0. The van der Waals surface area contributed by atoms with Crippen LogP contribution in [-0.2, 0) is 6.54 Å². The molecule has 3 heterocycles. The second-order valence-corrected chi connectivity index (χ2v) is 7.23. The third-order valence-corrected chi connectivity index (χ3v) is 5.25. The van der Waals surface area contributed by atoms with Gasteiger partial charge in [-0.1, -0.05) is 17.7 Å². The zero-order valence-corrected chi connectivity index (χ0v) is 15.8. The van der Waals surface area contributed by atoms with Gasteiger partial charge < -0.3 is 9.47 Å². The summed E-state index contributed by atoms with van der Waals surface area (Å²) in [5.41, 5.74) is 4.15. The maximum absolute atomic E-state index is 13.1. The van der Waals surface area contributed by atoms with Gasteiger partial charge in [0.2, 0.25) is 0 Å². The standard InChI is InChI=1S/C22H24N4O/c1-16-5-3-6-19(13-16)22(27)25-12-4-7-20(25)21-24-14-17(2)26(21)15-18-8-10-23-11-9-18/h3,5-6,8-11,13-14,20H,4,7,12,15H2,1-2H3. The quantitative estimate of drug-likeness (QED) is 0.708. The first-order valence-electron chi connectivity index (χ1n) is 9.42. The van der Waals surface area contributed by atoms with E-state index in [0.717, 1.165) is 48.6 Å². The summed E-state index contributed by atoms with van der Waals surface area (Å²) in [6, 6.07) is 11.9. The van der Waals surface area contributed by atoms with Gasteiger partial charge in [-0.25, -0.2) is 4.98 Å². The molecule has 4 rings (SSSR count). The van der Waals surface area contributed by atoms with Crippen molar-refractivity contribution in [2.24, 2.45) is 0 Å². The van der Waals surface area contributed by atoms with Crippen LogP contribution in [0, 0.1) is 13.8 Å². The molecule has 0 aliphatic carbocycles. The van der Waals surface area contributed by atoms with Crippen molar-refractivity contribution in [1.82, 2.24) is 19.4 Å². The Morgan fingerprint density at radius 3 is 2.78 bits per heavy atom. The minimum atomic E-state index is 0.0218. The fourth-order valence-electron chi connectivity index (χ4n) is 3.84. The van der Waals surface area contributed by atoms with Crippen molar-refractivity contribution in [3.05, 3.63) is 83.2 Å². The van der Waals surface area contributed by atoms with Gasteiger partial charge >= 0.3 is 0 Å². The second kappa shape index (κ2) is 7.35. The Balaban J connectivity index is 1.64. The Labute approximate surface area is 159 Å². The molecule has 1 saturated heterocycles. The van der Waals surface area contributed by atoms with Crippen molar-refractivity contribution in [1.29, 1.82) is 0 Å². The van der Waals surface area contributed by atoms with Gasteiger partial charge in [0.15, 0.2) is 0 Å². The highest BCUT2D eigenvalue weighted by Gasteiger charge is 2.33. The monoisotopic (exact) mass is 360 g/mol. The number of benzene rings is 1. The number of aryl methyl sites for hydroxylation is 2. The van der Waals surface area contributed by atoms with Crippen LogP contribution in [-0.4, -0.2) is 31.9 Å². The molecule has 0 radical (unpaired) electrons. The van der Waals surface area contributed by atoms with Gasteiger partial charge in [0.1, 0.15) is 5.82 Å². The van der Waals surface area contributed by atoms with E-state index < -0.39 is 0 Å². The second-order valence-electron chi connectivity index (χ2n) is 7.23. The molecule has 2 aromatic heterocycles. The van der Waals surface area contributed by atoms with Crippen molar-refractivity contribution in [2.45, 2.75) is 39.3 Å². The molecule has 5 heteroatoms. The van der Waals surface area contributed by atoms with Crippen LogP contribution in [0.5, 0.6) is 0 Å². The Bertz CT molecular complexity index is 948. The normalized spacial score (nSPS) is 16.7. The lowest BCUT2D eigenvalue weighted by molar-refractivity contribution is 0.0727. The van der Waals surface area contributed by atoms with Crippen LogP contribution in [0.15, 0.2) is 55.0 Å². The fourth-order valence-corrected chi connectivity index (χ4v) is 3.84. The third kappa shape index (κ3) is 3.50. The molecule has 0 spiro atoms. The number of pyridine rings is 1. The number of nitrogens with zero attached hydrogens (tertiary/aromatic N) is 4. The average molecular weight is 360 g/mol. The molecule has 1 fully saturated rings. The minimum Gasteiger partial charge on any atom is -0.328 e. The number of imidazole rings is 1. The summed E-state index contributed by atoms with van der Waals surface area (Å²) in [6.45, 7) is 5.60. The van der Waals surface area contributed by atoms with Crippen molar-refractivity contribution in [2.75, 3.05) is 6.54 Å². The number of rotatable bonds is 4. The molecular formula is C22H24N4O. The third-order valence-electron chi connectivity index (χ3n) is 5.25. The van der Waals surface area contributed by atoms with Crippen molar-refractivity contribution in [3.63, 3.8) is 0 Å². The van der Waals surface area contributed by atoms with Gasteiger partial charge in [-0.15, -0.1) is 0 Å². The Morgan fingerprint density at radius 2 is 2.00 bits per heavy atom. The van der Waals surface area contributed by atoms with Crippen LogP contribution in [0.25, 0.3) is 0 Å². The van der Waals surface area contributed by atoms with E-state index in [1.807, 2.05) is 66.8 Å². The Hall–Kier alpha value is -2.95. The summed E-state index contributed by atoms with van der Waals surface area (Å²) in [7, 11) is 0. The number of carbonyl (C=O) groups is 1. The molecule has 1 amide bonds. The van der Waals surface area contributed by atoms with Gasteiger partial charge in [-0.2, -0.15) is 0 Å². The van der Waals surface area contributed by atoms with E-state index in [2.05, 4.69) is 16.5 Å². The largest absolute Gasteiger partial charge is 0.328 e. The molecule has 27 heavy (non-hydrogen) atoms. The maximum Gasteiger partial charge on any atom is 0.254 e. The highest BCUT2D eigenvalue weighted by atomic mass is 16.2. The Kier molecular flexibility index (Phi) is 4.75. The van der Waals surface area contributed by atoms with E-state index >= 15 is 0 Å². The SMILES string of the molecule is Cc1cccc(C(=O)N2CCCC2c2ncc(C)n2Cc2ccncc2)c1. The molecule has 5 nitrogen and oxygen atoms in total. The molecule has 0 N–H and O–H groups in total. The minimum absolute atomic E-state index is 0.0218. The number of amides is 1. The molecule has 1 atom stereocenters. The van der Waals surface area contributed by atoms with Gasteiger partial charge in [0.25, 0.3) is 5.91 Å². The molecule has 1 aliphatic rings. The van der Waals surface area contributed by atoms with Gasteiger partial charge in [-0.3, -0.25) is 9.78 Å². The molecule has 0 saturated carbocycles. The van der Waals surface area contributed by atoms with Crippen molar-refractivity contribution >= 4 is 5.91 Å². The van der Waals surface area contributed by atoms with Crippen LogP contribution in [0.3, 0.4) is 0 Å². The van der Waals surface area contributed by atoms with Crippen LogP contribution in [0.4, 0.5) is 0 Å². The summed E-state index contributed by atoms with van der Waals surface area (Å²) in [5.74, 6) is 1.07. The summed E-state index contributed by atoms with van der Waals surface area (Å²) >= 11 is 0. The van der Waals surface area contributed by atoms with E-state index in [9.17, 15) is 4.79 Å². The van der Waals surface area contributed by atoms with Gasteiger partial charge in [0, 0.05) is 42.9 Å². The molecule has 1 unspecified atom stereocenters. The predicted octanol–water partition coefficient (Wildman–Crippen LogP) is 3.92. The molecule has 1 aliphatic heterocycles. The van der Waals surface area contributed by atoms with E-state index in [4.69, 9.17) is 4.98 Å². The summed E-state index contributed by atoms with van der Waals surface area (Å²) in [4.78, 5) is 23.9. The topological polar surface area (TPSA) is 51.0 Å². The zero-order valence-electron chi connectivity index (χ0n) is 15.8. The van der Waals surface area contributed by atoms with Crippen LogP contribution >= 0.6 is 0 Å². The highest BCUT2D eigenvalue weighted by molar-refractivity contribution is 5.94. The first-order chi connectivity index (χ1) is 13.1. The smallest absolute Gasteiger partial charge is 0.254 e. The van der Waals surface area contributed by atoms with Crippen molar-refractivity contribution in [3.8, 4) is 0 Å². The van der Waals surface area contributed by atoms with E-state index in [1.54, 1.807) is 0 Å². The fraction of sp³-hybridized carbons (Fsp3) is 0.318. The Morgan fingerprint density at radius 1 is 1.19 bits per heavy atom. The molecule has 3 aromatic rings. The lowest BCUT2D eigenvalue weighted by atomic mass is 10.1. The summed E-state index contributed by atoms with van der Waals surface area (Å²) < 4.78 is 2.22. The van der Waals surface area contributed by atoms with Gasteiger partial charge in [-0.05, 0) is 56.5 Å². The predicted molar refractivity (Wildman–Crippen MR) is 104 cm³/mol. The van der Waals surface area contributed by atoms with Gasteiger partial charge in [0.05, 0.1) is 6.04 Å². The average Bonchev–Trinajstić information content (AvgIpc) is 3.29. The molecular weight excluding hydrogens is 336 g/mol. The van der Waals surface area contributed by atoms with Crippen LogP contribution in [0.1, 0.15) is 51.9 Å². The highest BCUT2D eigenvalue weighted by Crippen LogP contribution is 2.33. The summed E-state index contributed by atoms with van der Waals surface area (Å²) in [6.07, 6.45) is 7.48. The molecule has 1 aromatic carbocycles. The van der Waals surface area contributed by atoms with E-state index in [1.165, 1.54) is 5.56 Å². The number of hydrogen-bond acceptors (Lipinski definition) is 3. The molecule has 0 bridgehead atoms. The summed E-state index contributed by atoms with van der Waals surface area (Å²) in [5, 5.41) is 0. The zero-order chi connectivity index (χ0) is 18.8. The van der Waals surface area contributed by atoms with Crippen LogP contribution in [0.2, 0.25) is 0 Å². The van der Waals surface area contributed by atoms with Crippen molar-refractivity contribution < 1.29 is 4.79 Å². The van der Waals surface area contributed by atoms with E-state index in [-0.39, 0.29) is 11.9 Å². The molecule has 138 valence electrons. The number of carbonyl (C=O) groups excluding carboxylic acids is 1. The lowest BCUT2D eigenvalue weighted by Gasteiger charge is -2.25. The van der Waals surface area contributed by atoms with E-state index in [0.29, 0.717) is 0 Å².